The van der Waals surface area contributed by atoms with Crippen molar-refractivity contribution in [2.45, 2.75) is 31.2 Å². The van der Waals surface area contributed by atoms with Crippen LogP contribution in [0.4, 0.5) is 0 Å². The molecule has 0 radical (unpaired) electrons. The van der Waals surface area contributed by atoms with Crippen molar-refractivity contribution in [1.82, 2.24) is 20.1 Å². The van der Waals surface area contributed by atoms with Crippen molar-refractivity contribution in [2.24, 2.45) is 0 Å². The fraction of sp³-hybridized carbons (Fsp3) is 0.400. The number of piperidine rings is 1. The van der Waals surface area contributed by atoms with E-state index in [-0.39, 0.29) is 0 Å². The smallest absolute Gasteiger partial charge is 0.119 e. The summed E-state index contributed by atoms with van der Waals surface area (Å²) in [5.41, 5.74) is 4.82. The first-order chi connectivity index (χ1) is 12.3. The number of hydrogen-bond acceptors (Lipinski definition) is 4. The lowest BCUT2D eigenvalue weighted by molar-refractivity contribution is 0.307. The van der Waals surface area contributed by atoms with Crippen LogP contribution in [0.2, 0.25) is 0 Å². The first-order valence-corrected chi connectivity index (χ1v) is 9.01. The fourth-order valence-corrected chi connectivity index (χ4v) is 4.39. The van der Waals surface area contributed by atoms with Crippen molar-refractivity contribution >= 4 is 10.9 Å². The van der Waals surface area contributed by atoms with Crippen LogP contribution in [0.3, 0.4) is 0 Å². The van der Waals surface area contributed by atoms with Crippen molar-refractivity contribution in [3.63, 3.8) is 0 Å². The van der Waals surface area contributed by atoms with Crippen LogP contribution in [-0.4, -0.2) is 35.0 Å². The van der Waals surface area contributed by atoms with Gasteiger partial charge in [0.2, 0.25) is 0 Å². The normalized spacial score (nSPS) is 18.6. The number of benzene rings is 1. The van der Waals surface area contributed by atoms with Crippen molar-refractivity contribution < 1.29 is 4.74 Å². The zero-order valence-corrected chi connectivity index (χ0v) is 14.5. The number of aromatic nitrogens is 3. The summed E-state index contributed by atoms with van der Waals surface area (Å²) >= 11 is 0. The number of fused-ring (bicyclic) bond motifs is 3. The molecule has 0 aliphatic carbocycles. The summed E-state index contributed by atoms with van der Waals surface area (Å²) in [4.78, 5) is 4.60. The van der Waals surface area contributed by atoms with Crippen molar-refractivity contribution in [2.75, 3.05) is 20.2 Å². The molecule has 2 aliphatic rings. The molecule has 4 heterocycles. The molecular weight excluding hydrogens is 312 g/mol. The highest BCUT2D eigenvalue weighted by atomic mass is 16.5. The van der Waals surface area contributed by atoms with Crippen molar-refractivity contribution in [3.05, 3.63) is 42.2 Å². The predicted octanol–water partition coefficient (Wildman–Crippen LogP) is 3.13. The standard InChI is InChI=1S/C20H22N4O/c1-25-16-2-3-17-14(11-16)10-15(13-22-17)18-12-19-20(4-7-21-8-5-20)6-9-24(19)23-18/h2-3,10-13,21H,4-9H2,1H3. The van der Waals surface area contributed by atoms with Gasteiger partial charge in [-0.25, -0.2) is 0 Å². The van der Waals surface area contributed by atoms with Crippen molar-refractivity contribution in [1.29, 1.82) is 0 Å². The summed E-state index contributed by atoms with van der Waals surface area (Å²) in [6, 6.07) is 10.4. The second kappa shape index (κ2) is 5.56. The maximum Gasteiger partial charge on any atom is 0.119 e. The number of pyridine rings is 1. The Labute approximate surface area is 147 Å². The number of hydrogen-bond donors (Lipinski definition) is 1. The van der Waals surface area contributed by atoms with Gasteiger partial charge in [-0.2, -0.15) is 5.10 Å². The van der Waals surface area contributed by atoms with Crippen LogP contribution in [0.1, 0.15) is 25.0 Å². The average molecular weight is 334 g/mol. The van der Waals surface area contributed by atoms with Crippen LogP contribution in [0, 0.1) is 0 Å². The number of methoxy groups -OCH3 is 1. The summed E-state index contributed by atoms with van der Waals surface area (Å²) in [7, 11) is 1.69. The molecule has 0 amide bonds. The number of aryl methyl sites for hydroxylation is 1. The molecule has 3 aromatic rings. The van der Waals surface area contributed by atoms with E-state index >= 15 is 0 Å². The predicted molar refractivity (Wildman–Crippen MR) is 97.9 cm³/mol. The Morgan fingerprint density at radius 3 is 2.84 bits per heavy atom. The molecule has 1 fully saturated rings. The monoisotopic (exact) mass is 334 g/mol. The second-order valence-electron chi connectivity index (χ2n) is 7.20. The number of nitrogens with zero attached hydrogens (tertiary/aromatic N) is 3. The second-order valence-corrected chi connectivity index (χ2v) is 7.20. The third-order valence-corrected chi connectivity index (χ3v) is 5.87. The Bertz CT molecular complexity index is 940. The minimum atomic E-state index is 0.323. The molecule has 2 aromatic heterocycles. The molecule has 5 heteroatoms. The highest BCUT2D eigenvalue weighted by molar-refractivity contribution is 5.84. The van der Waals surface area contributed by atoms with Crippen LogP contribution in [0.25, 0.3) is 22.2 Å². The number of nitrogens with one attached hydrogen (secondary N) is 1. The zero-order chi connectivity index (χ0) is 16.9. The summed E-state index contributed by atoms with van der Waals surface area (Å²) in [6.45, 7) is 3.25. The molecule has 0 atom stereocenters. The van der Waals surface area contributed by atoms with Gasteiger partial charge in [-0.3, -0.25) is 9.67 Å². The quantitative estimate of drug-likeness (QED) is 0.782. The Kier molecular flexibility index (Phi) is 3.31. The first-order valence-electron chi connectivity index (χ1n) is 9.01. The molecule has 1 saturated heterocycles. The molecular formula is C20H22N4O. The molecule has 0 unspecified atom stereocenters. The van der Waals surface area contributed by atoms with E-state index in [1.807, 2.05) is 24.4 Å². The van der Waals surface area contributed by atoms with Gasteiger partial charge >= 0.3 is 0 Å². The van der Waals surface area contributed by atoms with E-state index in [0.29, 0.717) is 5.41 Å². The lowest BCUT2D eigenvalue weighted by atomic mass is 9.75. The van der Waals surface area contributed by atoms with E-state index in [9.17, 15) is 0 Å². The topological polar surface area (TPSA) is 52.0 Å². The first kappa shape index (κ1) is 14.9. The average Bonchev–Trinajstić information content (AvgIpc) is 3.23. The van der Waals surface area contributed by atoms with Gasteiger partial charge in [-0.1, -0.05) is 0 Å². The van der Waals surface area contributed by atoms with E-state index in [2.05, 4.69) is 27.1 Å². The highest BCUT2D eigenvalue weighted by Crippen LogP contribution is 2.43. The van der Waals surface area contributed by atoms with Crippen LogP contribution in [0.5, 0.6) is 5.75 Å². The minimum absolute atomic E-state index is 0.323. The molecule has 5 rings (SSSR count). The summed E-state index contributed by atoms with van der Waals surface area (Å²) < 4.78 is 7.56. The SMILES string of the molecule is COc1ccc2ncc(-c3cc4n(n3)CCC43CCNCC3)cc2c1. The molecule has 2 aliphatic heterocycles. The number of ether oxygens (including phenoxy) is 1. The van der Waals surface area contributed by atoms with Gasteiger partial charge in [0, 0.05) is 34.8 Å². The molecule has 1 aromatic carbocycles. The highest BCUT2D eigenvalue weighted by Gasteiger charge is 2.41. The molecule has 5 nitrogen and oxygen atoms in total. The van der Waals surface area contributed by atoms with Crippen LogP contribution >= 0.6 is 0 Å². The minimum Gasteiger partial charge on any atom is -0.497 e. The van der Waals surface area contributed by atoms with Crippen LogP contribution in [0.15, 0.2) is 36.5 Å². The van der Waals surface area contributed by atoms with Crippen molar-refractivity contribution in [3.8, 4) is 17.0 Å². The molecule has 1 N–H and O–H groups in total. The molecule has 1 spiro atoms. The summed E-state index contributed by atoms with van der Waals surface area (Å²) in [5.74, 6) is 0.854. The summed E-state index contributed by atoms with van der Waals surface area (Å²) in [6.07, 6.45) is 5.59. The molecule has 25 heavy (non-hydrogen) atoms. The molecule has 128 valence electrons. The van der Waals surface area contributed by atoms with E-state index in [1.165, 1.54) is 25.0 Å². The van der Waals surface area contributed by atoms with E-state index in [1.54, 1.807) is 7.11 Å². The van der Waals surface area contributed by atoms with Gasteiger partial charge in [0.15, 0.2) is 0 Å². The van der Waals surface area contributed by atoms with Gasteiger partial charge in [-0.15, -0.1) is 0 Å². The van der Waals surface area contributed by atoms with Gasteiger partial charge in [0.05, 0.1) is 18.3 Å². The third-order valence-electron chi connectivity index (χ3n) is 5.87. The Morgan fingerprint density at radius 1 is 1.12 bits per heavy atom. The Hall–Kier alpha value is -2.40. The van der Waals surface area contributed by atoms with E-state index < -0.39 is 0 Å². The maximum atomic E-state index is 5.34. The lowest BCUT2D eigenvalue weighted by Crippen LogP contribution is -2.38. The lowest BCUT2D eigenvalue weighted by Gasteiger charge is -2.33. The molecule has 0 saturated carbocycles. The van der Waals surface area contributed by atoms with Gasteiger partial charge in [0.25, 0.3) is 0 Å². The van der Waals surface area contributed by atoms with Gasteiger partial charge < -0.3 is 10.1 Å². The zero-order valence-electron chi connectivity index (χ0n) is 14.5. The third kappa shape index (κ3) is 2.34. The Balaban J connectivity index is 1.56. The summed E-state index contributed by atoms with van der Waals surface area (Å²) in [5, 5.41) is 9.45. The van der Waals surface area contributed by atoms with Gasteiger partial charge in [-0.05, 0) is 62.7 Å². The van der Waals surface area contributed by atoms with E-state index in [4.69, 9.17) is 9.84 Å². The Morgan fingerprint density at radius 2 is 2.00 bits per heavy atom. The fourth-order valence-electron chi connectivity index (χ4n) is 4.39. The maximum absolute atomic E-state index is 5.34. The number of rotatable bonds is 2. The van der Waals surface area contributed by atoms with Gasteiger partial charge in [0.1, 0.15) is 5.75 Å². The van der Waals surface area contributed by atoms with Crippen LogP contribution < -0.4 is 10.1 Å². The van der Waals surface area contributed by atoms with Crippen LogP contribution in [-0.2, 0) is 12.0 Å². The van der Waals surface area contributed by atoms with E-state index in [0.717, 1.165) is 47.5 Å². The largest absolute Gasteiger partial charge is 0.497 e. The molecule has 0 bridgehead atoms.